The van der Waals surface area contributed by atoms with E-state index in [0.29, 0.717) is 11.6 Å². The van der Waals surface area contributed by atoms with Gasteiger partial charge in [-0.15, -0.1) is 0 Å². The van der Waals surface area contributed by atoms with Gasteiger partial charge in [-0.1, -0.05) is 18.2 Å². The lowest BCUT2D eigenvalue weighted by molar-refractivity contribution is -0.137. The van der Waals surface area contributed by atoms with E-state index in [9.17, 15) is 36.0 Å². The van der Waals surface area contributed by atoms with Gasteiger partial charge >= 0.3 is 6.18 Å². The highest BCUT2D eigenvalue weighted by molar-refractivity contribution is 7.90. The Morgan fingerprint density at radius 2 is 1.73 bits per heavy atom. The highest BCUT2D eigenvalue weighted by Gasteiger charge is 2.31. The minimum atomic E-state index is -4.72. The van der Waals surface area contributed by atoms with Crippen molar-refractivity contribution in [1.29, 1.82) is 0 Å². The van der Waals surface area contributed by atoms with Crippen LogP contribution in [0, 0.1) is 6.92 Å². The molecule has 192 valence electrons. The van der Waals surface area contributed by atoms with Crippen molar-refractivity contribution in [2.24, 2.45) is 5.11 Å². The van der Waals surface area contributed by atoms with Crippen LogP contribution in [0.15, 0.2) is 69.4 Å². The second kappa shape index (κ2) is 10.3. The summed E-state index contributed by atoms with van der Waals surface area (Å²) in [7, 11) is -3.43. The Morgan fingerprint density at radius 3 is 2.30 bits per heavy atom. The van der Waals surface area contributed by atoms with E-state index in [1.165, 1.54) is 37.3 Å². The Morgan fingerprint density at radius 1 is 1.08 bits per heavy atom. The number of halogens is 3. The van der Waals surface area contributed by atoms with Gasteiger partial charge in [-0.05, 0) is 59.5 Å². The molecule has 37 heavy (non-hydrogen) atoms. The number of aromatic nitrogens is 1. The van der Waals surface area contributed by atoms with Crippen LogP contribution >= 0.6 is 0 Å². The van der Waals surface area contributed by atoms with E-state index in [2.05, 4.69) is 15.3 Å². The molecule has 0 spiro atoms. The molecule has 0 aliphatic rings. The minimum Gasteiger partial charge on any atom is -0.348 e. The summed E-state index contributed by atoms with van der Waals surface area (Å²) in [4.78, 5) is 40.9. The van der Waals surface area contributed by atoms with Crippen LogP contribution in [-0.2, 0) is 22.6 Å². The number of benzene rings is 2. The Balaban J connectivity index is 2.07. The van der Waals surface area contributed by atoms with E-state index in [-0.39, 0.29) is 28.4 Å². The molecule has 2 aromatic carbocycles. The molecule has 10 nitrogen and oxygen atoms in total. The van der Waals surface area contributed by atoms with Crippen molar-refractivity contribution in [2.75, 3.05) is 6.26 Å². The molecule has 0 saturated heterocycles. The van der Waals surface area contributed by atoms with E-state index in [1.54, 1.807) is 0 Å². The fourth-order valence-corrected chi connectivity index (χ4v) is 4.07. The van der Waals surface area contributed by atoms with Crippen molar-refractivity contribution in [3.8, 4) is 5.69 Å². The van der Waals surface area contributed by atoms with Gasteiger partial charge in [0, 0.05) is 34.7 Å². The molecule has 1 heterocycles. The van der Waals surface area contributed by atoms with E-state index in [4.69, 9.17) is 5.53 Å². The average Bonchev–Trinajstić information content (AvgIpc) is 2.82. The molecule has 14 heteroatoms. The highest BCUT2D eigenvalue weighted by Crippen LogP contribution is 2.30. The van der Waals surface area contributed by atoms with Crippen molar-refractivity contribution in [1.82, 2.24) is 9.88 Å². The van der Waals surface area contributed by atoms with E-state index < -0.39 is 44.5 Å². The highest BCUT2D eigenvalue weighted by atomic mass is 32.2. The second-order valence-electron chi connectivity index (χ2n) is 7.84. The zero-order chi connectivity index (χ0) is 27.5. The average molecular weight is 533 g/mol. The van der Waals surface area contributed by atoms with Crippen LogP contribution < -0.4 is 10.9 Å². The third-order valence-corrected chi connectivity index (χ3v) is 6.42. The molecule has 0 bridgehead atoms. The predicted molar refractivity (Wildman–Crippen MR) is 126 cm³/mol. The van der Waals surface area contributed by atoms with Gasteiger partial charge in [0.1, 0.15) is 5.56 Å². The Hall–Kier alpha value is -4.42. The van der Waals surface area contributed by atoms with Gasteiger partial charge in [-0.25, -0.2) is 8.42 Å². The molecule has 0 unspecified atom stereocenters. The molecular weight excluding hydrogens is 515 g/mol. The summed E-state index contributed by atoms with van der Waals surface area (Å²) in [6.45, 7) is 1.12. The molecule has 3 aromatic rings. The molecule has 0 radical (unpaired) electrons. The first kappa shape index (κ1) is 27.2. The number of azide groups is 1. The largest absolute Gasteiger partial charge is 0.416 e. The van der Waals surface area contributed by atoms with Gasteiger partial charge in [-0.2, -0.15) is 13.2 Å². The molecule has 3 rings (SSSR count). The molecule has 0 atom stereocenters. The predicted octanol–water partition coefficient (Wildman–Crippen LogP) is 3.95. The lowest BCUT2D eigenvalue weighted by Gasteiger charge is -2.17. The molecule has 0 aliphatic carbocycles. The summed E-state index contributed by atoms with van der Waals surface area (Å²) < 4.78 is 63.7. The Labute approximate surface area is 207 Å². The topological polar surface area (TPSA) is 151 Å². The van der Waals surface area contributed by atoms with E-state index in [0.717, 1.165) is 29.0 Å². The van der Waals surface area contributed by atoms with Crippen LogP contribution in [0.4, 0.5) is 13.2 Å². The van der Waals surface area contributed by atoms with Crippen molar-refractivity contribution in [2.45, 2.75) is 24.5 Å². The van der Waals surface area contributed by atoms with Crippen molar-refractivity contribution in [3.63, 3.8) is 0 Å². The molecule has 0 saturated carbocycles. The number of pyridine rings is 1. The Kier molecular flexibility index (Phi) is 7.55. The summed E-state index contributed by atoms with van der Waals surface area (Å²) in [5.74, 6) is -2.11. The van der Waals surface area contributed by atoms with Crippen molar-refractivity contribution in [3.05, 3.63) is 103 Å². The van der Waals surface area contributed by atoms with Gasteiger partial charge < -0.3 is 5.32 Å². The van der Waals surface area contributed by atoms with Gasteiger partial charge in [0.2, 0.25) is 0 Å². The summed E-state index contributed by atoms with van der Waals surface area (Å²) in [5.41, 5.74) is 5.68. The maximum Gasteiger partial charge on any atom is 0.416 e. The van der Waals surface area contributed by atoms with E-state index in [1.807, 2.05) is 0 Å². The number of hydrogen-bond donors (Lipinski definition) is 1. The first-order chi connectivity index (χ1) is 17.2. The maximum absolute atomic E-state index is 13.3. The van der Waals surface area contributed by atoms with Crippen LogP contribution in [0.2, 0.25) is 0 Å². The van der Waals surface area contributed by atoms with Crippen LogP contribution in [0.1, 0.15) is 37.5 Å². The van der Waals surface area contributed by atoms with Crippen LogP contribution in [-0.4, -0.2) is 31.1 Å². The molecule has 1 N–H and O–H groups in total. The SMILES string of the molecule is Cc1c(C(=O)N=[N+]=[N-])cc(C(=O)NCc2ccc(S(C)(=O)=O)cc2)c(=O)n1-c1cccc(C(F)(F)F)c1. The standard InChI is InChI=1S/C23H18F3N5O5S/c1-13-18(21(33)29-30-27)11-19(20(32)28-12-14-6-8-17(9-7-14)37(2,35)36)22(34)31(13)16-5-3-4-15(10-16)23(24,25)26/h3-11H,12H2,1-2H3,(H,28,32). The smallest absolute Gasteiger partial charge is 0.348 e. The van der Waals surface area contributed by atoms with Crippen LogP contribution in [0.5, 0.6) is 0 Å². The van der Waals surface area contributed by atoms with Crippen LogP contribution in [0.25, 0.3) is 16.1 Å². The Bertz CT molecular complexity index is 1610. The molecule has 0 fully saturated rings. The molecule has 1 aromatic heterocycles. The number of amides is 2. The quantitative estimate of drug-likeness (QED) is 0.289. The van der Waals surface area contributed by atoms with Crippen molar-refractivity contribution < 1.29 is 31.2 Å². The number of nitrogens with zero attached hydrogens (tertiary/aromatic N) is 4. The fraction of sp³-hybridized carbons (Fsp3) is 0.174. The zero-order valence-electron chi connectivity index (χ0n) is 19.3. The van der Waals surface area contributed by atoms with E-state index >= 15 is 0 Å². The number of nitrogens with one attached hydrogen (secondary N) is 1. The molecular formula is C23H18F3N5O5S. The lowest BCUT2D eigenvalue weighted by Crippen LogP contribution is -2.34. The number of carbonyl (C=O) groups excluding carboxylic acids is 2. The van der Waals surface area contributed by atoms with Gasteiger partial charge in [0.15, 0.2) is 9.84 Å². The number of sulfone groups is 1. The number of hydrogen-bond acceptors (Lipinski definition) is 5. The second-order valence-corrected chi connectivity index (χ2v) is 9.85. The summed E-state index contributed by atoms with van der Waals surface area (Å²) in [5, 5.41) is 5.41. The zero-order valence-corrected chi connectivity index (χ0v) is 20.1. The third kappa shape index (κ3) is 6.05. The van der Waals surface area contributed by atoms with Gasteiger partial charge in [-0.3, -0.25) is 19.0 Å². The third-order valence-electron chi connectivity index (χ3n) is 5.29. The number of rotatable bonds is 6. The first-order valence-electron chi connectivity index (χ1n) is 10.3. The number of carbonyl (C=O) groups is 2. The minimum absolute atomic E-state index is 0.0614. The van der Waals surface area contributed by atoms with Gasteiger partial charge in [0.05, 0.1) is 10.5 Å². The summed E-state index contributed by atoms with van der Waals surface area (Å²) >= 11 is 0. The maximum atomic E-state index is 13.3. The number of alkyl halides is 3. The van der Waals surface area contributed by atoms with Gasteiger partial charge in [0.25, 0.3) is 17.4 Å². The summed E-state index contributed by atoms with van der Waals surface area (Å²) in [6.07, 6.45) is -3.69. The molecule has 0 aliphatic heterocycles. The lowest BCUT2D eigenvalue weighted by atomic mass is 10.1. The van der Waals surface area contributed by atoms with Crippen molar-refractivity contribution >= 4 is 21.7 Å². The first-order valence-corrected chi connectivity index (χ1v) is 12.2. The summed E-state index contributed by atoms with van der Waals surface area (Å²) in [6, 6.07) is 10.2. The monoisotopic (exact) mass is 533 g/mol. The molecule has 2 amide bonds. The fourth-order valence-electron chi connectivity index (χ4n) is 3.44. The van der Waals surface area contributed by atoms with Crippen LogP contribution in [0.3, 0.4) is 0 Å². The normalized spacial score (nSPS) is 11.5.